The van der Waals surface area contributed by atoms with Gasteiger partial charge in [0.2, 0.25) is 0 Å². The van der Waals surface area contributed by atoms with Crippen molar-refractivity contribution >= 4 is 0 Å². The second-order valence-electron chi connectivity index (χ2n) is 15.1. The largest absolute Gasteiger partial charge is 0.395 e. The van der Waals surface area contributed by atoms with Gasteiger partial charge in [0, 0.05) is 6.04 Å². The maximum Gasteiger partial charge on any atom is 0.0590 e. The topological polar surface area (TPSA) is 32.3 Å². The number of rotatable bonds is 40. The molecule has 2 atom stereocenters. The van der Waals surface area contributed by atoms with Crippen LogP contribution in [0.25, 0.3) is 0 Å². The van der Waals surface area contributed by atoms with Crippen LogP contribution in [0, 0.1) is 5.92 Å². The fourth-order valence-electron chi connectivity index (χ4n) is 6.99. The highest BCUT2D eigenvalue weighted by atomic mass is 16.3. The van der Waals surface area contributed by atoms with Gasteiger partial charge in [0.25, 0.3) is 0 Å². The summed E-state index contributed by atoms with van der Waals surface area (Å²) in [6.45, 7) is 8.14. The number of nitrogens with one attached hydrogen (secondary N) is 1. The van der Waals surface area contributed by atoms with E-state index in [9.17, 15) is 5.11 Å². The monoisotopic (exact) mass is 648 g/mol. The number of hydrogen-bond acceptors (Lipinski definition) is 2. The molecule has 0 rings (SSSR count). The first-order valence-corrected chi connectivity index (χ1v) is 21.8. The molecule has 0 heterocycles. The highest BCUT2D eigenvalue weighted by molar-refractivity contribution is 4.92. The summed E-state index contributed by atoms with van der Waals surface area (Å²) in [6, 6.07) is 0.202. The molecular formula is C44H89NO. The van der Waals surface area contributed by atoms with Crippen LogP contribution in [0.4, 0.5) is 0 Å². The predicted molar refractivity (Wildman–Crippen MR) is 210 cm³/mol. The van der Waals surface area contributed by atoms with Crippen LogP contribution in [-0.2, 0) is 0 Å². The normalized spacial score (nSPS) is 13.2. The molecule has 0 radical (unpaired) electrons. The Labute approximate surface area is 292 Å². The Balaban J connectivity index is 3.37. The van der Waals surface area contributed by atoms with Crippen LogP contribution in [-0.4, -0.2) is 24.3 Å². The van der Waals surface area contributed by atoms with E-state index in [-0.39, 0.29) is 12.6 Å². The van der Waals surface area contributed by atoms with Gasteiger partial charge in [-0.1, -0.05) is 238 Å². The molecular weight excluding hydrogens is 558 g/mol. The van der Waals surface area contributed by atoms with Gasteiger partial charge < -0.3 is 10.4 Å². The van der Waals surface area contributed by atoms with Gasteiger partial charge in [0.15, 0.2) is 0 Å². The molecule has 2 N–H and O–H groups in total. The zero-order chi connectivity index (χ0) is 33.4. The average molecular weight is 648 g/mol. The molecule has 0 aromatic carbocycles. The standard InChI is InChI=1S/C44H89NO/c1-4-6-8-10-12-14-16-18-19-20-21-22-23-24-25-26-27-29-31-33-35-37-39-41-45-44(42-46)43(3)40-38-36-34-32-30-28-17-15-13-11-9-7-5-2/h38,40,43-46H,4-37,39,41-42H2,1-3H3/b40-38+. The van der Waals surface area contributed by atoms with E-state index in [2.05, 4.69) is 38.2 Å². The summed E-state index contributed by atoms with van der Waals surface area (Å²) in [5.74, 6) is 0.405. The number of aliphatic hydroxyl groups excluding tert-OH is 1. The van der Waals surface area contributed by atoms with Gasteiger partial charge in [0.05, 0.1) is 6.61 Å². The van der Waals surface area contributed by atoms with Crippen molar-refractivity contribution in [1.82, 2.24) is 5.32 Å². The Bertz CT molecular complexity index is 560. The minimum absolute atomic E-state index is 0.202. The molecule has 0 bridgehead atoms. The quantitative estimate of drug-likeness (QED) is 0.0512. The maximum atomic E-state index is 9.89. The smallest absolute Gasteiger partial charge is 0.0590 e. The summed E-state index contributed by atoms with van der Waals surface area (Å²) in [5, 5.41) is 13.5. The molecule has 2 heteroatoms. The maximum absolute atomic E-state index is 9.89. The summed E-state index contributed by atoms with van der Waals surface area (Å²) in [4.78, 5) is 0. The van der Waals surface area contributed by atoms with Crippen molar-refractivity contribution in [3.05, 3.63) is 12.2 Å². The summed E-state index contributed by atoms with van der Waals surface area (Å²) >= 11 is 0. The first-order valence-electron chi connectivity index (χ1n) is 21.8. The Morgan fingerprint density at radius 2 is 0.696 bits per heavy atom. The minimum atomic E-state index is 0.202. The zero-order valence-electron chi connectivity index (χ0n) is 32.4. The molecule has 2 nitrogen and oxygen atoms in total. The van der Waals surface area contributed by atoms with Crippen molar-refractivity contribution in [2.24, 2.45) is 5.92 Å². The van der Waals surface area contributed by atoms with Crippen molar-refractivity contribution in [1.29, 1.82) is 0 Å². The van der Waals surface area contributed by atoms with Crippen molar-refractivity contribution in [2.45, 2.75) is 252 Å². The molecule has 0 aromatic heterocycles. The van der Waals surface area contributed by atoms with Gasteiger partial charge in [0.1, 0.15) is 0 Å². The first kappa shape index (κ1) is 45.7. The van der Waals surface area contributed by atoms with Crippen molar-refractivity contribution in [2.75, 3.05) is 13.2 Å². The summed E-state index contributed by atoms with van der Waals surface area (Å²) in [5.41, 5.74) is 0. The SMILES string of the molecule is CCCCCCCCCCCCC/C=C/C(C)C(CO)NCCCCCCCCCCCCCCCCCCCCCCCCC. The van der Waals surface area contributed by atoms with Gasteiger partial charge in [-0.2, -0.15) is 0 Å². The third kappa shape index (κ3) is 36.5. The lowest BCUT2D eigenvalue weighted by atomic mass is 10.0. The number of unbranched alkanes of at least 4 members (excludes halogenated alkanes) is 33. The van der Waals surface area contributed by atoms with Crippen LogP contribution in [0.3, 0.4) is 0 Å². The van der Waals surface area contributed by atoms with E-state index in [1.54, 1.807) is 0 Å². The molecule has 0 aliphatic carbocycles. The second kappa shape index (κ2) is 40.8. The van der Waals surface area contributed by atoms with Crippen LogP contribution < -0.4 is 5.32 Å². The summed E-state index contributed by atoms with van der Waals surface area (Å²) in [7, 11) is 0. The van der Waals surface area contributed by atoms with E-state index in [4.69, 9.17) is 0 Å². The fraction of sp³-hybridized carbons (Fsp3) is 0.955. The third-order valence-corrected chi connectivity index (χ3v) is 10.4. The van der Waals surface area contributed by atoms with E-state index in [0.717, 1.165) is 6.54 Å². The Morgan fingerprint density at radius 1 is 0.413 bits per heavy atom. The molecule has 0 saturated carbocycles. The van der Waals surface area contributed by atoms with E-state index in [1.165, 1.54) is 225 Å². The minimum Gasteiger partial charge on any atom is -0.395 e. The Hall–Kier alpha value is -0.340. The molecule has 0 spiro atoms. The van der Waals surface area contributed by atoms with E-state index >= 15 is 0 Å². The molecule has 46 heavy (non-hydrogen) atoms. The van der Waals surface area contributed by atoms with Gasteiger partial charge in [-0.3, -0.25) is 0 Å². The third-order valence-electron chi connectivity index (χ3n) is 10.4. The van der Waals surface area contributed by atoms with Gasteiger partial charge in [-0.25, -0.2) is 0 Å². The highest BCUT2D eigenvalue weighted by Gasteiger charge is 2.12. The second-order valence-corrected chi connectivity index (χ2v) is 15.1. The van der Waals surface area contributed by atoms with Crippen molar-refractivity contribution in [3.8, 4) is 0 Å². The van der Waals surface area contributed by atoms with Crippen LogP contribution in [0.5, 0.6) is 0 Å². The zero-order valence-corrected chi connectivity index (χ0v) is 32.4. The van der Waals surface area contributed by atoms with E-state index in [1.807, 2.05) is 0 Å². The van der Waals surface area contributed by atoms with E-state index < -0.39 is 0 Å². The van der Waals surface area contributed by atoms with Crippen molar-refractivity contribution in [3.63, 3.8) is 0 Å². The van der Waals surface area contributed by atoms with Gasteiger partial charge in [-0.05, 0) is 31.7 Å². The van der Waals surface area contributed by atoms with Gasteiger partial charge >= 0.3 is 0 Å². The average Bonchev–Trinajstić information content (AvgIpc) is 3.06. The fourth-order valence-corrected chi connectivity index (χ4v) is 6.99. The molecule has 0 aliphatic heterocycles. The summed E-state index contributed by atoms with van der Waals surface area (Å²) in [6.07, 6.45) is 54.4. The van der Waals surface area contributed by atoms with Crippen LogP contribution in [0.2, 0.25) is 0 Å². The molecule has 0 aliphatic rings. The molecule has 0 fully saturated rings. The predicted octanol–water partition coefficient (Wildman–Crippen LogP) is 14.8. The number of allylic oxidation sites excluding steroid dienone is 1. The first-order chi connectivity index (χ1) is 22.8. The lowest BCUT2D eigenvalue weighted by Gasteiger charge is -2.21. The van der Waals surface area contributed by atoms with Crippen LogP contribution in [0.1, 0.15) is 245 Å². The Kier molecular flexibility index (Phi) is 40.5. The van der Waals surface area contributed by atoms with E-state index in [0.29, 0.717) is 5.92 Å². The molecule has 0 aromatic rings. The molecule has 2 unspecified atom stereocenters. The highest BCUT2D eigenvalue weighted by Crippen LogP contribution is 2.16. The van der Waals surface area contributed by atoms with Crippen molar-refractivity contribution < 1.29 is 5.11 Å². The lowest BCUT2D eigenvalue weighted by molar-refractivity contribution is 0.219. The summed E-state index contributed by atoms with van der Waals surface area (Å²) < 4.78 is 0. The molecule has 0 saturated heterocycles. The molecule has 0 amide bonds. The van der Waals surface area contributed by atoms with Crippen LogP contribution >= 0.6 is 0 Å². The lowest BCUT2D eigenvalue weighted by Crippen LogP contribution is -2.38. The number of hydrogen-bond donors (Lipinski definition) is 2. The van der Waals surface area contributed by atoms with Crippen LogP contribution in [0.15, 0.2) is 12.2 Å². The molecule has 276 valence electrons. The van der Waals surface area contributed by atoms with Gasteiger partial charge in [-0.15, -0.1) is 0 Å². The Morgan fingerprint density at radius 3 is 1.00 bits per heavy atom. The number of aliphatic hydroxyl groups is 1.